The second kappa shape index (κ2) is 10.3. The Bertz CT molecular complexity index is 817. The highest BCUT2D eigenvalue weighted by molar-refractivity contribution is 5.68. The first-order valence-electron chi connectivity index (χ1n) is 9.24. The van der Waals surface area contributed by atoms with Crippen molar-refractivity contribution in [1.82, 2.24) is 25.6 Å². The van der Waals surface area contributed by atoms with Crippen LogP contribution in [0.5, 0.6) is 5.75 Å². The summed E-state index contributed by atoms with van der Waals surface area (Å²) in [5, 5.41) is 13.5. The molecule has 1 aromatic carbocycles. The van der Waals surface area contributed by atoms with Crippen LogP contribution in [-0.4, -0.2) is 46.4 Å². The summed E-state index contributed by atoms with van der Waals surface area (Å²) >= 11 is 0. The average molecular weight is 405 g/mol. The molecular weight excluding hydrogens is 378 g/mol. The van der Waals surface area contributed by atoms with E-state index in [-0.39, 0.29) is 25.3 Å². The number of carbonyl (C=O) groups excluding carboxylic acids is 2. The van der Waals surface area contributed by atoms with Crippen molar-refractivity contribution in [1.29, 1.82) is 0 Å². The molecule has 0 spiro atoms. The monoisotopic (exact) mass is 405 g/mol. The number of carbonyl (C=O) groups is 2. The van der Waals surface area contributed by atoms with E-state index in [1.807, 2.05) is 27.7 Å². The molecular formula is C19H27N5O5. The molecule has 0 unspecified atom stereocenters. The Balaban J connectivity index is 2.21. The van der Waals surface area contributed by atoms with Gasteiger partial charge in [0.2, 0.25) is 0 Å². The molecule has 1 aromatic heterocycles. The molecule has 0 aliphatic carbocycles. The summed E-state index contributed by atoms with van der Waals surface area (Å²) in [6, 6.07) is 7.02. The number of hydrogen-bond donors (Lipinski definition) is 2. The number of benzene rings is 1. The summed E-state index contributed by atoms with van der Waals surface area (Å²) in [5.74, 6) is 0.692. The van der Waals surface area contributed by atoms with E-state index in [0.717, 1.165) is 0 Å². The van der Waals surface area contributed by atoms with Crippen LogP contribution in [0.4, 0.5) is 9.59 Å². The van der Waals surface area contributed by atoms with E-state index in [1.54, 1.807) is 31.4 Å². The third-order valence-corrected chi connectivity index (χ3v) is 3.65. The van der Waals surface area contributed by atoms with E-state index in [2.05, 4.69) is 20.9 Å². The first-order valence-corrected chi connectivity index (χ1v) is 9.24. The summed E-state index contributed by atoms with van der Waals surface area (Å²) in [5.41, 5.74) is 1.57. The van der Waals surface area contributed by atoms with Crippen molar-refractivity contribution in [3.63, 3.8) is 0 Å². The predicted molar refractivity (Wildman–Crippen MR) is 105 cm³/mol. The summed E-state index contributed by atoms with van der Waals surface area (Å²) in [7, 11) is 1.58. The molecule has 29 heavy (non-hydrogen) atoms. The van der Waals surface area contributed by atoms with Crippen molar-refractivity contribution in [2.24, 2.45) is 0 Å². The number of ether oxygens (including phenoxy) is 3. The zero-order chi connectivity index (χ0) is 21.4. The highest BCUT2D eigenvalue weighted by Gasteiger charge is 2.18. The maximum Gasteiger partial charge on any atom is 0.407 e. The highest BCUT2D eigenvalue weighted by atomic mass is 16.6. The number of aromatic nitrogens is 3. The first-order chi connectivity index (χ1) is 13.8. The molecule has 10 heteroatoms. The maximum absolute atomic E-state index is 11.9. The van der Waals surface area contributed by atoms with Crippen LogP contribution < -0.4 is 15.4 Å². The number of rotatable bonds is 8. The molecule has 2 N–H and O–H groups in total. The fraction of sp³-hybridized carbons (Fsp3) is 0.474. The largest absolute Gasteiger partial charge is 0.497 e. The third-order valence-electron chi connectivity index (χ3n) is 3.65. The first kappa shape index (κ1) is 22.0. The zero-order valence-electron chi connectivity index (χ0n) is 17.3. The normalized spacial score (nSPS) is 10.7. The SMILES string of the molecule is COc1ccc(-n2nnc(COC(=O)NC(C)C)c2COC(=O)NC(C)C)cc1. The van der Waals surface area contributed by atoms with Crippen LogP contribution in [-0.2, 0) is 22.7 Å². The molecule has 158 valence electrons. The van der Waals surface area contributed by atoms with Gasteiger partial charge < -0.3 is 24.8 Å². The molecule has 0 saturated heterocycles. The van der Waals surface area contributed by atoms with Gasteiger partial charge in [-0.25, -0.2) is 14.3 Å². The van der Waals surface area contributed by atoms with E-state index in [9.17, 15) is 9.59 Å². The highest BCUT2D eigenvalue weighted by Crippen LogP contribution is 2.18. The molecule has 0 radical (unpaired) electrons. The lowest BCUT2D eigenvalue weighted by atomic mass is 10.2. The van der Waals surface area contributed by atoms with Gasteiger partial charge in [0.05, 0.1) is 12.8 Å². The van der Waals surface area contributed by atoms with Crippen molar-refractivity contribution in [3.05, 3.63) is 35.7 Å². The molecule has 10 nitrogen and oxygen atoms in total. The Hall–Kier alpha value is -3.30. The van der Waals surface area contributed by atoms with Gasteiger partial charge in [0.15, 0.2) is 0 Å². The van der Waals surface area contributed by atoms with Crippen LogP contribution in [0.25, 0.3) is 5.69 Å². The van der Waals surface area contributed by atoms with E-state index in [1.165, 1.54) is 4.68 Å². The number of alkyl carbamates (subject to hydrolysis) is 2. The summed E-state index contributed by atoms with van der Waals surface area (Å²) in [6.07, 6.45) is -1.13. The molecule has 0 aliphatic heterocycles. The van der Waals surface area contributed by atoms with Gasteiger partial charge in [-0.1, -0.05) is 5.21 Å². The van der Waals surface area contributed by atoms with Crippen LogP contribution in [0.1, 0.15) is 39.1 Å². The van der Waals surface area contributed by atoms with Gasteiger partial charge in [-0.05, 0) is 52.0 Å². The summed E-state index contributed by atoms with van der Waals surface area (Å²) < 4.78 is 17.2. The predicted octanol–water partition coefficient (Wildman–Crippen LogP) is 2.55. The van der Waals surface area contributed by atoms with Gasteiger partial charge >= 0.3 is 12.2 Å². The van der Waals surface area contributed by atoms with Crippen molar-refractivity contribution in [3.8, 4) is 11.4 Å². The van der Waals surface area contributed by atoms with Crippen molar-refractivity contribution in [2.45, 2.75) is 53.0 Å². The molecule has 0 saturated carbocycles. The Morgan fingerprint density at radius 1 is 0.966 bits per heavy atom. The number of nitrogens with zero attached hydrogens (tertiary/aromatic N) is 3. The minimum atomic E-state index is -0.566. The standard InChI is InChI=1S/C19H27N5O5/c1-12(2)20-18(25)28-10-16-17(11-29-19(26)21-13(3)4)24(23-22-16)14-6-8-15(27-5)9-7-14/h6-9,12-13H,10-11H2,1-5H3,(H,20,25)(H,21,26). The maximum atomic E-state index is 11.9. The van der Waals surface area contributed by atoms with Crippen molar-refractivity contribution in [2.75, 3.05) is 7.11 Å². The molecule has 2 rings (SSSR count). The second-order valence-electron chi connectivity index (χ2n) is 6.84. The van der Waals surface area contributed by atoms with Crippen molar-refractivity contribution < 1.29 is 23.8 Å². The molecule has 0 bridgehead atoms. The second-order valence-corrected chi connectivity index (χ2v) is 6.84. The van der Waals surface area contributed by atoms with E-state index in [4.69, 9.17) is 14.2 Å². The van der Waals surface area contributed by atoms with Crippen LogP contribution in [0.3, 0.4) is 0 Å². The molecule has 0 aliphatic rings. The lowest BCUT2D eigenvalue weighted by molar-refractivity contribution is 0.127. The average Bonchev–Trinajstić information content (AvgIpc) is 3.06. The van der Waals surface area contributed by atoms with Gasteiger partial charge in [-0.15, -0.1) is 5.10 Å². The molecule has 2 amide bonds. The molecule has 1 heterocycles. The van der Waals surface area contributed by atoms with E-state index >= 15 is 0 Å². The summed E-state index contributed by atoms with van der Waals surface area (Å²) in [4.78, 5) is 23.7. The zero-order valence-corrected chi connectivity index (χ0v) is 17.3. The Kier molecular flexibility index (Phi) is 7.81. The van der Waals surface area contributed by atoms with Gasteiger partial charge in [0.1, 0.15) is 30.4 Å². The number of methoxy groups -OCH3 is 1. The van der Waals surface area contributed by atoms with Crippen LogP contribution in [0.2, 0.25) is 0 Å². The fourth-order valence-electron chi connectivity index (χ4n) is 2.34. The van der Waals surface area contributed by atoms with Gasteiger partial charge in [0.25, 0.3) is 0 Å². The lowest BCUT2D eigenvalue weighted by Crippen LogP contribution is -2.31. The van der Waals surface area contributed by atoms with Gasteiger partial charge in [-0.2, -0.15) is 0 Å². The topological polar surface area (TPSA) is 117 Å². The van der Waals surface area contributed by atoms with E-state index in [0.29, 0.717) is 22.8 Å². The van der Waals surface area contributed by atoms with Crippen molar-refractivity contribution >= 4 is 12.2 Å². The quantitative estimate of drug-likeness (QED) is 0.693. The Labute approximate surface area is 169 Å². The lowest BCUT2D eigenvalue weighted by Gasteiger charge is -2.12. The number of amides is 2. The Morgan fingerprint density at radius 2 is 1.52 bits per heavy atom. The minimum Gasteiger partial charge on any atom is -0.497 e. The fourth-order valence-corrected chi connectivity index (χ4v) is 2.34. The smallest absolute Gasteiger partial charge is 0.407 e. The van der Waals surface area contributed by atoms with Crippen LogP contribution in [0, 0.1) is 0 Å². The number of hydrogen-bond acceptors (Lipinski definition) is 7. The van der Waals surface area contributed by atoms with Crippen LogP contribution in [0.15, 0.2) is 24.3 Å². The van der Waals surface area contributed by atoms with Gasteiger partial charge in [-0.3, -0.25) is 0 Å². The van der Waals surface area contributed by atoms with E-state index < -0.39 is 12.2 Å². The number of nitrogens with one attached hydrogen (secondary N) is 2. The van der Waals surface area contributed by atoms with Gasteiger partial charge in [0, 0.05) is 12.1 Å². The van der Waals surface area contributed by atoms with Crippen LogP contribution >= 0.6 is 0 Å². The molecule has 0 atom stereocenters. The molecule has 2 aromatic rings. The summed E-state index contributed by atoms with van der Waals surface area (Å²) in [6.45, 7) is 7.11. The third kappa shape index (κ3) is 6.66. The molecule has 0 fully saturated rings. The minimum absolute atomic E-state index is 0.0555. The Morgan fingerprint density at radius 3 is 2.03 bits per heavy atom.